The average molecular weight is 425 g/mol. The highest BCUT2D eigenvalue weighted by Crippen LogP contribution is 2.28. The Morgan fingerprint density at radius 2 is 1.71 bits per heavy atom. The first-order chi connectivity index (χ1) is 14.9. The molecule has 0 aliphatic carbocycles. The van der Waals surface area contributed by atoms with Crippen LogP contribution in [0.3, 0.4) is 0 Å². The summed E-state index contributed by atoms with van der Waals surface area (Å²) in [7, 11) is 0. The molecule has 1 N–H and O–H groups in total. The number of rotatable bonds is 5. The number of nitrogens with zero attached hydrogens (tertiary/aromatic N) is 2. The first-order valence-corrected chi connectivity index (χ1v) is 9.67. The summed E-state index contributed by atoms with van der Waals surface area (Å²) in [6, 6.07) is 12.2. The summed E-state index contributed by atoms with van der Waals surface area (Å²) in [5.74, 6) is -2.14. The molecule has 1 aromatic heterocycles. The third kappa shape index (κ3) is 4.58. The topological polar surface area (TPSA) is 62.3 Å². The molecular weight excluding hydrogens is 407 g/mol. The van der Waals surface area contributed by atoms with Gasteiger partial charge in [0, 0.05) is 24.6 Å². The lowest BCUT2D eigenvalue weighted by molar-refractivity contribution is -0.119. The van der Waals surface area contributed by atoms with Crippen molar-refractivity contribution in [2.75, 3.05) is 4.90 Å². The minimum absolute atomic E-state index is 0.0695. The van der Waals surface area contributed by atoms with Crippen LogP contribution < -0.4 is 10.2 Å². The molecule has 0 atom stereocenters. The molecule has 1 aliphatic heterocycles. The summed E-state index contributed by atoms with van der Waals surface area (Å²) in [6.45, 7) is 0.0624. The zero-order valence-electron chi connectivity index (χ0n) is 16.4. The summed E-state index contributed by atoms with van der Waals surface area (Å²) in [6.07, 6.45) is 0.815. The van der Waals surface area contributed by atoms with Crippen molar-refractivity contribution in [3.05, 3.63) is 94.4 Å². The molecule has 158 valence electrons. The van der Waals surface area contributed by atoms with Gasteiger partial charge in [0.05, 0.1) is 6.54 Å². The van der Waals surface area contributed by atoms with Gasteiger partial charge in [0.1, 0.15) is 29.0 Å². The Balaban J connectivity index is 1.54. The second kappa shape index (κ2) is 8.59. The quantitative estimate of drug-likeness (QED) is 0.674. The molecule has 31 heavy (non-hydrogen) atoms. The van der Waals surface area contributed by atoms with Gasteiger partial charge in [-0.15, -0.1) is 0 Å². The normalized spacial score (nSPS) is 13.1. The van der Waals surface area contributed by atoms with Crippen molar-refractivity contribution in [2.45, 2.75) is 25.9 Å². The van der Waals surface area contributed by atoms with E-state index in [1.807, 2.05) is 0 Å². The first kappa shape index (κ1) is 20.6. The van der Waals surface area contributed by atoms with Crippen LogP contribution in [0, 0.1) is 17.5 Å². The fourth-order valence-corrected chi connectivity index (χ4v) is 3.39. The van der Waals surface area contributed by atoms with E-state index in [9.17, 15) is 22.8 Å². The molecule has 0 saturated heterocycles. The van der Waals surface area contributed by atoms with Crippen LogP contribution in [0.1, 0.15) is 33.6 Å². The summed E-state index contributed by atoms with van der Waals surface area (Å²) in [4.78, 5) is 30.9. The van der Waals surface area contributed by atoms with Crippen LogP contribution in [0.25, 0.3) is 0 Å². The van der Waals surface area contributed by atoms with E-state index >= 15 is 0 Å². The molecule has 4 rings (SSSR count). The zero-order chi connectivity index (χ0) is 22.0. The Hall–Kier alpha value is -3.68. The Morgan fingerprint density at radius 1 is 0.968 bits per heavy atom. The molecule has 2 heterocycles. The predicted molar refractivity (Wildman–Crippen MR) is 108 cm³/mol. The van der Waals surface area contributed by atoms with Crippen LogP contribution in [-0.4, -0.2) is 16.8 Å². The Bertz CT molecular complexity index is 1150. The summed E-state index contributed by atoms with van der Waals surface area (Å²) in [5, 5.41) is 2.56. The van der Waals surface area contributed by atoms with Gasteiger partial charge in [-0.1, -0.05) is 24.3 Å². The molecule has 8 heteroatoms. The van der Waals surface area contributed by atoms with Crippen molar-refractivity contribution in [3.8, 4) is 0 Å². The lowest BCUT2D eigenvalue weighted by atomic mass is 10.0. The molecule has 0 unspecified atom stereocenters. The van der Waals surface area contributed by atoms with Gasteiger partial charge < -0.3 is 5.32 Å². The molecule has 0 bridgehead atoms. The highest BCUT2D eigenvalue weighted by Gasteiger charge is 2.27. The SMILES string of the molecule is O=C(NCc1ccc(F)cc1F)c1ccc2c(n1)N(Cc1ccc(F)cc1)C(=O)CC2. The van der Waals surface area contributed by atoms with Gasteiger partial charge in [0.15, 0.2) is 0 Å². The van der Waals surface area contributed by atoms with Gasteiger partial charge in [0.2, 0.25) is 5.91 Å². The second-order valence-electron chi connectivity index (χ2n) is 7.20. The molecule has 5 nitrogen and oxygen atoms in total. The summed E-state index contributed by atoms with van der Waals surface area (Å²) < 4.78 is 40.0. The fraction of sp³-hybridized carbons (Fsp3) is 0.174. The van der Waals surface area contributed by atoms with Crippen molar-refractivity contribution in [1.82, 2.24) is 10.3 Å². The third-order valence-electron chi connectivity index (χ3n) is 5.06. The number of pyridine rings is 1. The van der Waals surface area contributed by atoms with E-state index in [0.29, 0.717) is 18.7 Å². The third-order valence-corrected chi connectivity index (χ3v) is 5.06. The molecule has 3 aromatic rings. The van der Waals surface area contributed by atoms with E-state index in [2.05, 4.69) is 10.3 Å². The monoisotopic (exact) mass is 425 g/mol. The van der Waals surface area contributed by atoms with Gasteiger partial charge in [0.25, 0.3) is 5.91 Å². The number of anilines is 1. The number of halogens is 3. The van der Waals surface area contributed by atoms with Crippen LogP contribution in [0.15, 0.2) is 54.6 Å². The molecule has 0 saturated carbocycles. The number of aromatic nitrogens is 1. The molecular formula is C23H18F3N3O2. The van der Waals surface area contributed by atoms with Crippen molar-refractivity contribution in [2.24, 2.45) is 0 Å². The largest absolute Gasteiger partial charge is 0.347 e. The molecule has 0 spiro atoms. The molecule has 2 amide bonds. The van der Waals surface area contributed by atoms with Gasteiger partial charge >= 0.3 is 0 Å². The average Bonchev–Trinajstić information content (AvgIpc) is 2.76. The molecule has 0 fully saturated rings. The maximum atomic E-state index is 13.8. The van der Waals surface area contributed by atoms with Crippen LogP contribution in [0.5, 0.6) is 0 Å². The van der Waals surface area contributed by atoms with E-state index < -0.39 is 17.5 Å². The first-order valence-electron chi connectivity index (χ1n) is 9.67. The number of hydrogen-bond acceptors (Lipinski definition) is 3. The Labute approximate surface area is 176 Å². The highest BCUT2D eigenvalue weighted by atomic mass is 19.1. The van der Waals surface area contributed by atoms with Crippen LogP contribution in [0.4, 0.5) is 19.0 Å². The fourth-order valence-electron chi connectivity index (χ4n) is 3.39. The number of amides is 2. The maximum absolute atomic E-state index is 13.8. The summed E-state index contributed by atoms with van der Waals surface area (Å²) in [5.41, 5.74) is 1.76. The predicted octanol–water partition coefficient (Wildman–Crippen LogP) is 3.91. The van der Waals surface area contributed by atoms with Crippen LogP contribution >= 0.6 is 0 Å². The van der Waals surface area contributed by atoms with Crippen molar-refractivity contribution in [1.29, 1.82) is 0 Å². The van der Waals surface area contributed by atoms with Crippen LogP contribution in [0.2, 0.25) is 0 Å². The molecule has 0 radical (unpaired) electrons. The van der Waals surface area contributed by atoms with E-state index in [0.717, 1.165) is 23.3 Å². The van der Waals surface area contributed by atoms with Crippen LogP contribution in [-0.2, 0) is 24.3 Å². The lowest BCUT2D eigenvalue weighted by Crippen LogP contribution is -2.36. The number of carbonyl (C=O) groups is 2. The zero-order valence-corrected chi connectivity index (χ0v) is 16.4. The maximum Gasteiger partial charge on any atom is 0.270 e. The number of carbonyl (C=O) groups excluding carboxylic acids is 2. The molecule has 2 aromatic carbocycles. The number of benzene rings is 2. The number of aryl methyl sites for hydroxylation is 1. The minimum atomic E-state index is -0.755. The van der Waals surface area contributed by atoms with E-state index in [1.54, 1.807) is 24.3 Å². The number of nitrogens with one attached hydrogen (secondary N) is 1. The number of hydrogen-bond donors (Lipinski definition) is 1. The molecule has 1 aliphatic rings. The minimum Gasteiger partial charge on any atom is -0.347 e. The summed E-state index contributed by atoms with van der Waals surface area (Å²) >= 11 is 0. The second-order valence-corrected chi connectivity index (χ2v) is 7.20. The van der Waals surface area contributed by atoms with E-state index in [4.69, 9.17) is 0 Å². The smallest absolute Gasteiger partial charge is 0.270 e. The van der Waals surface area contributed by atoms with E-state index in [-0.39, 0.29) is 36.1 Å². The van der Waals surface area contributed by atoms with Gasteiger partial charge in [-0.2, -0.15) is 0 Å². The van der Waals surface area contributed by atoms with E-state index in [1.165, 1.54) is 23.1 Å². The number of fused-ring (bicyclic) bond motifs is 1. The van der Waals surface area contributed by atoms with Crippen molar-refractivity contribution < 1.29 is 22.8 Å². The Morgan fingerprint density at radius 3 is 2.45 bits per heavy atom. The van der Waals surface area contributed by atoms with Gasteiger partial charge in [-0.3, -0.25) is 14.5 Å². The standard InChI is InChI=1S/C23H18F3N3O2/c24-17-6-1-14(2-7-17)13-29-21(30)10-5-15-4-9-20(28-22(15)29)23(31)27-12-16-3-8-18(25)11-19(16)26/h1-4,6-9,11H,5,10,12-13H2,(H,27,31). The van der Waals surface area contributed by atoms with Crippen molar-refractivity contribution in [3.63, 3.8) is 0 Å². The van der Waals surface area contributed by atoms with Crippen molar-refractivity contribution >= 4 is 17.6 Å². The Kier molecular flexibility index (Phi) is 5.70. The van der Waals surface area contributed by atoms with Gasteiger partial charge in [-0.25, -0.2) is 18.2 Å². The highest BCUT2D eigenvalue weighted by molar-refractivity contribution is 5.97. The lowest BCUT2D eigenvalue weighted by Gasteiger charge is -2.28. The van der Waals surface area contributed by atoms with Gasteiger partial charge in [-0.05, 0) is 41.8 Å².